The van der Waals surface area contributed by atoms with E-state index in [0.29, 0.717) is 23.1 Å². The lowest BCUT2D eigenvalue weighted by Crippen LogP contribution is -2.39. The van der Waals surface area contributed by atoms with Crippen molar-refractivity contribution in [2.45, 2.75) is 13.0 Å². The molecule has 7 nitrogen and oxygen atoms in total. The van der Waals surface area contributed by atoms with Crippen molar-refractivity contribution in [3.8, 4) is 11.5 Å². The van der Waals surface area contributed by atoms with Gasteiger partial charge in [-0.3, -0.25) is 4.31 Å². The van der Waals surface area contributed by atoms with Crippen molar-refractivity contribution in [3.63, 3.8) is 0 Å². The average molecular weight is 424 g/mol. The number of sulfonamides is 1. The van der Waals surface area contributed by atoms with Crippen LogP contribution in [0.5, 0.6) is 11.5 Å². The number of nitrogens with one attached hydrogen (secondary N) is 2. The van der Waals surface area contributed by atoms with Gasteiger partial charge in [0.1, 0.15) is 18.1 Å². The van der Waals surface area contributed by atoms with Crippen LogP contribution in [0.15, 0.2) is 48.5 Å². The predicted molar refractivity (Wildman–Crippen MR) is 117 cm³/mol. The van der Waals surface area contributed by atoms with Gasteiger partial charge >= 0.3 is 0 Å². The molecule has 0 amide bonds. The van der Waals surface area contributed by atoms with Gasteiger partial charge in [0.05, 0.1) is 25.1 Å². The quantitative estimate of drug-likeness (QED) is 0.632. The third-order valence-corrected chi connectivity index (χ3v) is 5.33. The van der Waals surface area contributed by atoms with E-state index < -0.39 is 10.0 Å². The number of hydrogen-bond donors (Lipinski definition) is 2. The predicted octanol–water partition coefficient (Wildman–Crippen LogP) is 2.84. The molecule has 0 bridgehead atoms. The number of nitrogens with zero attached hydrogens (tertiary/aromatic N) is 1. The van der Waals surface area contributed by atoms with E-state index in [4.69, 9.17) is 21.7 Å². The normalized spacial score (nSPS) is 12.0. The Bertz CT molecular complexity index is 902. The van der Waals surface area contributed by atoms with Crippen molar-refractivity contribution in [1.29, 1.82) is 0 Å². The van der Waals surface area contributed by atoms with Gasteiger partial charge in [-0.25, -0.2) is 8.42 Å². The van der Waals surface area contributed by atoms with E-state index in [2.05, 4.69) is 10.6 Å². The van der Waals surface area contributed by atoms with Gasteiger partial charge in [0.2, 0.25) is 10.0 Å². The Morgan fingerprint density at radius 1 is 1.18 bits per heavy atom. The minimum absolute atomic E-state index is 0.0380. The smallest absolute Gasteiger partial charge is 0.231 e. The minimum Gasteiger partial charge on any atom is -0.497 e. The maximum atomic E-state index is 11.7. The van der Waals surface area contributed by atoms with Crippen molar-refractivity contribution >= 4 is 38.7 Å². The van der Waals surface area contributed by atoms with Gasteiger partial charge in [0, 0.05) is 12.7 Å². The lowest BCUT2D eigenvalue weighted by Gasteiger charge is -2.20. The number of benzene rings is 2. The molecule has 0 aliphatic rings. The zero-order valence-corrected chi connectivity index (χ0v) is 17.9. The molecule has 1 atom stereocenters. The molecule has 2 aromatic rings. The van der Waals surface area contributed by atoms with Crippen LogP contribution in [0.4, 0.5) is 11.4 Å². The number of anilines is 2. The first kappa shape index (κ1) is 21.8. The molecule has 9 heteroatoms. The topological polar surface area (TPSA) is 79.9 Å². The average Bonchev–Trinajstić information content (AvgIpc) is 2.65. The monoisotopic (exact) mass is 423 g/mol. The van der Waals surface area contributed by atoms with Crippen LogP contribution in [-0.2, 0) is 10.0 Å². The summed E-state index contributed by atoms with van der Waals surface area (Å²) in [6, 6.07) is 14.3. The van der Waals surface area contributed by atoms with Gasteiger partial charge in [0.25, 0.3) is 0 Å². The SMILES string of the molecule is COc1ccc(OC[C@@H](C)NC(=S)Nc2cccc(N(C)S(C)(=O)=O)c2)cc1. The number of hydrogen-bond acceptors (Lipinski definition) is 5. The standard InChI is InChI=1S/C19H25N3O4S2/c1-14(13-26-18-10-8-17(25-3)9-11-18)20-19(27)21-15-6-5-7-16(12-15)22(2)28(4,23)24/h5-12,14H,13H2,1-4H3,(H2,20,21,27)/t14-/m1/s1. The molecule has 0 saturated heterocycles. The fraction of sp³-hybridized carbons (Fsp3) is 0.316. The maximum Gasteiger partial charge on any atom is 0.231 e. The molecule has 2 rings (SSSR count). The highest BCUT2D eigenvalue weighted by Gasteiger charge is 2.12. The van der Waals surface area contributed by atoms with E-state index in [1.54, 1.807) is 25.3 Å². The summed E-state index contributed by atoms with van der Waals surface area (Å²) in [5.41, 5.74) is 1.24. The molecule has 28 heavy (non-hydrogen) atoms. The van der Waals surface area contributed by atoms with E-state index in [-0.39, 0.29) is 6.04 Å². The van der Waals surface area contributed by atoms with Gasteiger partial charge in [-0.1, -0.05) is 6.07 Å². The maximum absolute atomic E-state index is 11.7. The highest BCUT2D eigenvalue weighted by Crippen LogP contribution is 2.20. The van der Waals surface area contributed by atoms with E-state index in [0.717, 1.165) is 17.8 Å². The van der Waals surface area contributed by atoms with Crippen molar-refractivity contribution < 1.29 is 17.9 Å². The molecule has 0 unspecified atom stereocenters. The van der Waals surface area contributed by atoms with E-state index in [1.807, 2.05) is 37.3 Å². The minimum atomic E-state index is -3.33. The summed E-state index contributed by atoms with van der Waals surface area (Å²) in [4.78, 5) is 0. The summed E-state index contributed by atoms with van der Waals surface area (Å²) in [7, 11) is -0.206. The summed E-state index contributed by atoms with van der Waals surface area (Å²) in [5, 5.41) is 6.62. The molecule has 2 N–H and O–H groups in total. The van der Waals surface area contributed by atoms with Crippen LogP contribution in [0.25, 0.3) is 0 Å². The molecular formula is C19H25N3O4S2. The second kappa shape index (κ2) is 9.61. The molecular weight excluding hydrogens is 398 g/mol. The van der Waals surface area contributed by atoms with Crippen molar-refractivity contribution in [1.82, 2.24) is 5.32 Å². The molecule has 0 aliphatic carbocycles. The first-order valence-corrected chi connectivity index (χ1v) is 10.8. The first-order valence-electron chi connectivity index (χ1n) is 8.57. The molecule has 2 aromatic carbocycles. The van der Waals surface area contributed by atoms with Crippen LogP contribution in [0, 0.1) is 0 Å². The second-order valence-corrected chi connectivity index (χ2v) is 8.69. The van der Waals surface area contributed by atoms with Crippen molar-refractivity contribution in [2.75, 3.05) is 36.6 Å². The zero-order chi connectivity index (χ0) is 20.7. The van der Waals surface area contributed by atoms with E-state index >= 15 is 0 Å². The van der Waals surface area contributed by atoms with Gasteiger partial charge in [0.15, 0.2) is 5.11 Å². The Labute approximate surface area is 171 Å². The number of rotatable bonds is 8. The third kappa shape index (κ3) is 6.58. The molecule has 152 valence electrons. The van der Waals surface area contributed by atoms with Crippen LogP contribution < -0.4 is 24.4 Å². The Kier molecular flexibility index (Phi) is 7.47. The van der Waals surface area contributed by atoms with Crippen molar-refractivity contribution in [3.05, 3.63) is 48.5 Å². The summed E-state index contributed by atoms with van der Waals surface area (Å²) in [6.07, 6.45) is 1.16. The van der Waals surface area contributed by atoms with E-state index in [1.165, 1.54) is 11.4 Å². The van der Waals surface area contributed by atoms with E-state index in [9.17, 15) is 8.42 Å². The number of thiocarbonyl (C=S) groups is 1. The van der Waals surface area contributed by atoms with Gasteiger partial charge < -0.3 is 20.1 Å². The highest BCUT2D eigenvalue weighted by molar-refractivity contribution is 7.92. The van der Waals surface area contributed by atoms with Crippen LogP contribution >= 0.6 is 12.2 Å². The van der Waals surface area contributed by atoms with Gasteiger partial charge in [-0.15, -0.1) is 0 Å². The zero-order valence-electron chi connectivity index (χ0n) is 16.3. The lowest BCUT2D eigenvalue weighted by atomic mass is 10.3. The molecule has 0 aliphatic heterocycles. The summed E-state index contributed by atoms with van der Waals surface area (Å²) < 4.78 is 35.4. The molecule has 0 saturated carbocycles. The Hall–Kier alpha value is -2.52. The van der Waals surface area contributed by atoms with Gasteiger partial charge in [-0.2, -0.15) is 0 Å². The molecule has 0 heterocycles. The highest BCUT2D eigenvalue weighted by atomic mass is 32.2. The molecule has 0 fully saturated rings. The van der Waals surface area contributed by atoms with Gasteiger partial charge in [-0.05, 0) is 61.6 Å². The number of ether oxygens (including phenoxy) is 2. The van der Waals surface area contributed by atoms with Crippen LogP contribution in [0.3, 0.4) is 0 Å². The fourth-order valence-corrected chi connectivity index (χ4v) is 3.11. The molecule has 0 radical (unpaired) electrons. The third-order valence-electron chi connectivity index (χ3n) is 3.90. The second-order valence-electron chi connectivity index (χ2n) is 6.27. The summed E-state index contributed by atoms with van der Waals surface area (Å²) >= 11 is 5.33. The molecule has 0 aromatic heterocycles. The van der Waals surface area contributed by atoms with Crippen LogP contribution in [0.1, 0.15) is 6.92 Å². The largest absolute Gasteiger partial charge is 0.497 e. The Balaban J connectivity index is 1.87. The van der Waals surface area contributed by atoms with Crippen LogP contribution in [-0.4, -0.2) is 46.6 Å². The fourth-order valence-electron chi connectivity index (χ4n) is 2.30. The number of methoxy groups -OCH3 is 1. The Morgan fingerprint density at radius 3 is 2.43 bits per heavy atom. The first-order chi connectivity index (χ1) is 13.2. The summed E-state index contributed by atoms with van der Waals surface area (Å²) in [6.45, 7) is 2.37. The lowest BCUT2D eigenvalue weighted by molar-refractivity contribution is 0.286. The summed E-state index contributed by atoms with van der Waals surface area (Å²) in [5.74, 6) is 1.51. The van der Waals surface area contributed by atoms with Crippen LogP contribution in [0.2, 0.25) is 0 Å². The van der Waals surface area contributed by atoms with Crippen molar-refractivity contribution in [2.24, 2.45) is 0 Å². The Morgan fingerprint density at radius 2 is 1.82 bits per heavy atom. The molecule has 0 spiro atoms.